The Hall–Kier alpha value is -1.81. The van der Waals surface area contributed by atoms with Crippen molar-refractivity contribution in [2.24, 2.45) is 5.92 Å². The molecule has 3 rings (SSSR count). The van der Waals surface area contributed by atoms with Crippen LogP contribution in [0.3, 0.4) is 0 Å². The number of amides is 2. The Kier molecular flexibility index (Phi) is 5.79. The van der Waals surface area contributed by atoms with Crippen LogP contribution in [-0.2, 0) is 4.79 Å². The summed E-state index contributed by atoms with van der Waals surface area (Å²) in [5.74, 6) is 0.310. The van der Waals surface area contributed by atoms with Crippen LogP contribution in [0.2, 0.25) is 5.02 Å². The van der Waals surface area contributed by atoms with Crippen molar-refractivity contribution >= 4 is 23.4 Å². The first-order chi connectivity index (χ1) is 12.1. The summed E-state index contributed by atoms with van der Waals surface area (Å²) in [5.41, 5.74) is 0.654. The van der Waals surface area contributed by atoms with E-state index >= 15 is 0 Å². The molecule has 0 unspecified atom stereocenters. The van der Waals surface area contributed by atoms with E-state index in [1.54, 1.807) is 24.3 Å². The third-order valence-electron chi connectivity index (χ3n) is 5.15. The highest BCUT2D eigenvalue weighted by Gasteiger charge is 2.33. The molecule has 2 heterocycles. The normalized spacial score (nSPS) is 21.0. The highest BCUT2D eigenvalue weighted by Crippen LogP contribution is 2.25. The summed E-state index contributed by atoms with van der Waals surface area (Å²) in [6.07, 6.45) is 7.84. The molecule has 25 heavy (non-hydrogen) atoms. The number of carbonyl (C=O) groups is 2. The molecule has 2 amide bonds. The molecule has 4 nitrogen and oxygen atoms in total. The summed E-state index contributed by atoms with van der Waals surface area (Å²) in [7, 11) is 0. The quantitative estimate of drug-likeness (QED) is 0.767. The van der Waals surface area contributed by atoms with Gasteiger partial charge in [0, 0.05) is 36.1 Å². The van der Waals surface area contributed by atoms with Crippen molar-refractivity contribution in [1.29, 1.82) is 0 Å². The van der Waals surface area contributed by atoms with Crippen LogP contribution >= 0.6 is 11.6 Å². The Balaban J connectivity index is 1.55. The maximum atomic E-state index is 12.8. The summed E-state index contributed by atoms with van der Waals surface area (Å²) >= 11 is 5.88. The first kappa shape index (κ1) is 18.0. The van der Waals surface area contributed by atoms with Crippen molar-refractivity contribution in [1.82, 2.24) is 9.80 Å². The molecule has 1 saturated heterocycles. The van der Waals surface area contributed by atoms with Crippen molar-refractivity contribution in [2.75, 3.05) is 19.6 Å². The molecule has 0 aliphatic carbocycles. The highest BCUT2D eigenvalue weighted by molar-refractivity contribution is 6.30. The molecule has 1 atom stereocenters. The van der Waals surface area contributed by atoms with Gasteiger partial charge in [0.2, 0.25) is 5.91 Å². The minimum absolute atomic E-state index is 0.0225. The molecule has 1 fully saturated rings. The number of likely N-dealkylation sites (tertiary alicyclic amines) is 1. The molecule has 134 valence electrons. The van der Waals surface area contributed by atoms with E-state index in [2.05, 4.69) is 19.1 Å². The summed E-state index contributed by atoms with van der Waals surface area (Å²) in [5, 5.41) is 0.627. The molecular formula is C20H25ClN2O2. The van der Waals surface area contributed by atoms with Gasteiger partial charge in [-0.3, -0.25) is 9.59 Å². The van der Waals surface area contributed by atoms with Crippen molar-refractivity contribution in [3.63, 3.8) is 0 Å². The number of carbonyl (C=O) groups excluding carboxylic acids is 2. The van der Waals surface area contributed by atoms with Crippen LogP contribution in [0, 0.1) is 5.92 Å². The maximum Gasteiger partial charge on any atom is 0.253 e. The minimum Gasteiger partial charge on any atom is -0.339 e. The predicted octanol–water partition coefficient (Wildman–Crippen LogP) is 3.76. The molecule has 5 heteroatoms. The Morgan fingerprint density at radius 3 is 2.48 bits per heavy atom. The second kappa shape index (κ2) is 8.05. The molecule has 0 aromatic heterocycles. The number of benzene rings is 1. The fraction of sp³-hybridized carbons (Fsp3) is 0.500. The van der Waals surface area contributed by atoms with E-state index in [4.69, 9.17) is 11.6 Å². The number of piperidine rings is 1. The predicted molar refractivity (Wildman–Crippen MR) is 99.6 cm³/mol. The lowest BCUT2D eigenvalue weighted by Gasteiger charge is -2.35. The lowest BCUT2D eigenvalue weighted by atomic mass is 9.94. The average Bonchev–Trinajstić information content (AvgIpc) is 3.10. The second-order valence-corrected chi connectivity index (χ2v) is 7.28. The van der Waals surface area contributed by atoms with E-state index in [-0.39, 0.29) is 23.8 Å². The molecule has 2 aliphatic heterocycles. The van der Waals surface area contributed by atoms with Crippen LogP contribution in [0.25, 0.3) is 0 Å². The number of halogens is 1. The van der Waals surface area contributed by atoms with Crippen molar-refractivity contribution in [3.8, 4) is 0 Å². The van der Waals surface area contributed by atoms with Gasteiger partial charge < -0.3 is 9.80 Å². The van der Waals surface area contributed by atoms with Gasteiger partial charge in [0.1, 0.15) is 0 Å². The lowest BCUT2D eigenvalue weighted by molar-refractivity contribution is -0.137. The standard InChI is InChI=1S/C20H25ClN2O2/c1-2-4-18-5-3-12-23(18)20(25)16-10-13-22(14-11-16)19(24)15-6-8-17(21)9-7-15/h3,5-9,16,18H,2,4,10-14H2,1H3/t18-/m1/s1. The Morgan fingerprint density at radius 2 is 1.84 bits per heavy atom. The van der Waals surface area contributed by atoms with Crippen LogP contribution in [0.4, 0.5) is 0 Å². The van der Waals surface area contributed by atoms with Gasteiger partial charge in [0.25, 0.3) is 5.91 Å². The molecule has 1 aromatic rings. The summed E-state index contributed by atoms with van der Waals surface area (Å²) in [6, 6.07) is 7.24. The maximum absolute atomic E-state index is 12.8. The highest BCUT2D eigenvalue weighted by atomic mass is 35.5. The van der Waals surface area contributed by atoms with Crippen LogP contribution in [0.15, 0.2) is 36.4 Å². The lowest BCUT2D eigenvalue weighted by Crippen LogP contribution is -2.46. The third-order valence-corrected chi connectivity index (χ3v) is 5.40. The van der Waals surface area contributed by atoms with E-state index in [9.17, 15) is 9.59 Å². The molecular weight excluding hydrogens is 336 g/mol. The number of rotatable bonds is 4. The minimum atomic E-state index is 0.0225. The van der Waals surface area contributed by atoms with Crippen LogP contribution < -0.4 is 0 Å². The van der Waals surface area contributed by atoms with Crippen LogP contribution in [-0.4, -0.2) is 47.3 Å². The van der Waals surface area contributed by atoms with Crippen LogP contribution in [0.1, 0.15) is 43.0 Å². The fourth-order valence-electron chi connectivity index (χ4n) is 3.71. The summed E-state index contributed by atoms with van der Waals surface area (Å²) < 4.78 is 0. The van der Waals surface area contributed by atoms with Crippen molar-refractivity contribution in [2.45, 2.75) is 38.6 Å². The van der Waals surface area contributed by atoms with E-state index in [0.717, 1.165) is 32.2 Å². The van der Waals surface area contributed by atoms with Crippen molar-refractivity contribution in [3.05, 3.63) is 47.0 Å². The largest absolute Gasteiger partial charge is 0.339 e. The molecule has 0 bridgehead atoms. The molecule has 0 radical (unpaired) electrons. The summed E-state index contributed by atoms with van der Waals surface area (Å²) in [4.78, 5) is 29.2. The fourth-order valence-corrected chi connectivity index (χ4v) is 3.84. The molecule has 1 aromatic carbocycles. The van der Waals surface area contributed by atoms with Gasteiger partial charge in [-0.05, 0) is 43.5 Å². The number of hydrogen-bond acceptors (Lipinski definition) is 2. The zero-order valence-corrected chi connectivity index (χ0v) is 15.4. The monoisotopic (exact) mass is 360 g/mol. The summed E-state index contributed by atoms with van der Waals surface area (Å²) in [6.45, 7) is 4.15. The van der Waals surface area contributed by atoms with E-state index in [1.807, 2.05) is 9.80 Å². The molecule has 0 N–H and O–H groups in total. The zero-order valence-electron chi connectivity index (χ0n) is 14.7. The number of hydrogen-bond donors (Lipinski definition) is 0. The van der Waals surface area contributed by atoms with Gasteiger partial charge in [-0.1, -0.05) is 37.1 Å². The first-order valence-corrected chi connectivity index (χ1v) is 9.50. The molecule has 2 aliphatic rings. The van der Waals surface area contributed by atoms with Crippen molar-refractivity contribution < 1.29 is 9.59 Å². The van der Waals surface area contributed by atoms with Gasteiger partial charge in [0.15, 0.2) is 0 Å². The smallest absolute Gasteiger partial charge is 0.253 e. The van der Waals surface area contributed by atoms with E-state index in [1.165, 1.54) is 0 Å². The number of nitrogens with zero attached hydrogens (tertiary/aromatic N) is 2. The molecule has 0 saturated carbocycles. The van der Waals surface area contributed by atoms with E-state index < -0.39 is 0 Å². The Bertz CT molecular complexity index is 648. The van der Waals surface area contributed by atoms with Gasteiger partial charge in [-0.25, -0.2) is 0 Å². The topological polar surface area (TPSA) is 40.6 Å². The first-order valence-electron chi connectivity index (χ1n) is 9.12. The molecule has 0 spiro atoms. The van der Waals surface area contributed by atoms with Crippen LogP contribution in [0.5, 0.6) is 0 Å². The van der Waals surface area contributed by atoms with Gasteiger partial charge >= 0.3 is 0 Å². The Morgan fingerprint density at radius 1 is 1.16 bits per heavy atom. The zero-order chi connectivity index (χ0) is 17.8. The third kappa shape index (κ3) is 4.06. The van der Waals surface area contributed by atoms with Gasteiger partial charge in [-0.2, -0.15) is 0 Å². The van der Waals surface area contributed by atoms with E-state index in [0.29, 0.717) is 23.7 Å². The second-order valence-electron chi connectivity index (χ2n) is 6.85. The SMILES string of the molecule is CCC[C@@H]1C=CCN1C(=O)C1CCN(C(=O)c2ccc(Cl)cc2)CC1. The average molecular weight is 361 g/mol. The Labute approximate surface area is 154 Å². The van der Waals surface area contributed by atoms with Gasteiger partial charge in [0.05, 0.1) is 6.04 Å². The van der Waals surface area contributed by atoms with Gasteiger partial charge in [-0.15, -0.1) is 0 Å².